The maximum atomic E-state index is 13.2. The Bertz CT molecular complexity index is 815. The smallest absolute Gasteiger partial charge is 0.229 e. The summed E-state index contributed by atoms with van der Waals surface area (Å²) in [5.41, 5.74) is 2.21. The van der Waals surface area contributed by atoms with Crippen LogP contribution in [0.25, 0.3) is 11.0 Å². The fourth-order valence-corrected chi connectivity index (χ4v) is 5.12. The first kappa shape index (κ1) is 16.2. The van der Waals surface area contributed by atoms with Crippen molar-refractivity contribution in [3.63, 3.8) is 0 Å². The predicted molar refractivity (Wildman–Crippen MR) is 96.3 cm³/mol. The molecule has 7 heteroatoms. The number of nitrogens with one attached hydrogen (secondary N) is 2. The molecule has 0 radical (unpaired) electrons. The summed E-state index contributed by atoms with van der Waals surface area (Å²) in [5.74, 6) is 0.608. The zero-order chi connectivity index (χ0) is 17.6. The van der Waals surface area contributed by atoms with Crippen LogP contribution in [0.15, 0.2) is 22.8 Å². The van der Waals surface area contributed by atoms with Crippen LogP contribution in [-0.4, -0.2) is 53.3 Å². The Balaban J connectivity index is 1.28. The van der Waals surface area contributed by atoms with Gasteiger partial charge in [-0.3, -0.25) is 9.69 Å². The molecule has 2 N–H and O–H groups in total. The van der Waals surface area contributed by atoms with E-state index >= 15 is 0 Å². The first-order valence-electron chi connectivity index (χ1n) is 9.69. The maximum Gasteiger partial charge on any atom is 0.229 e. The van der Waals surface area contributed by atoms with Crippen molar-refractivity contribution in [2.75, 3.05) is 26.2 Å². The molecule has 138 valence electrons. The molecule has 0 unspecified atom stereocenters. The van der Waals surface area contributed by atoms with Gasteiger partial charge in [0.2, 0.25) is 5.91 Å². The van der Waals surface area contributed by atoms with Gasteiger partial charge in [0.15, 0.2) is 0 Å². The first-order valence-corrected chi connectivity index (χ1v) is 9.69. The van der Waals surface area contributed by atoms with Gasteiger partial charge in [0, 0.05) is 44.7 Å². The van der Waals surface area contributed by atoms with Crippen LogP contribution in [0.3, 0.4) is 0 Å². The highest BCUT2D eigenvalue weighted by molar-refractivity contribution is 5.84. The third kappa shape index (κ3) is 2.61. The average Bonchev–Trinajstić information content (AvgIpc) is 3.41. The SMILES string of the molecule is O=C(NCc1ccc2nonc2c1)[C@@]12CNC[C@@H]1CN(C1CCCC1)C2. The van der Waals surface area contributed by atoms with Crippen LogP contribution in [0.2, 0.25) is 0 Å². The summed E-state index contributed by atoms with van der Waals surface area (Å²) < 4.78 is 4.74. The lowest BCUT2D eigenvalue weighted by molar-refractivity contribution is -0.131. The number of benzene rings is 1. The minimum absolute atomic E-state index is 0.186. The molecule has 3 aliphatic rings. The van der Waals surface area contributed by atoms with E-state index in [1.807, 2.05) is 18.2 Å². The number of hydrogen-bond donors (Lipinski definition) is 2. The Morgan fingerprint density at radius 2 is 2.15 bits per heavy atom. The molecule has 1 aromatic heterocycles. The summed E-state index contributed by atoms with van der Waals surface area (Å²) in [4.78, 5) is 15.8. The molecule has 26 heavy (non-hydrogen) atoms. The molecule has 1 aromatic carbocycles. The number of carbonyl (C=O) groups is 1. The molecule has 2 aromatic rings. The highest BCUT2D eigenvalue weighted by Crippen LogP contribution is 2.42. The number of amides is 1. The Morgan fingerprint density at radius 3 is 3.04 bits per heavy atom. The summed E-state index contributed by atoms with van der Waals surface area (Å²) in [5, 5.41) is 14.3. The van der Waals surface area contributed by atoms with Gasteiger partial charge >= 0.3 is 0 Å². The predicted octanol–water partition coefficient (Wildman–Crippen LogP) is 1.30. The van der Waals surface area contributed by atoms with Gasteiger partial charge in [0.05, 0.1) is 5.41 Å². The number of fused-ring (bicyclic) bond motifs is 2. The molecule has 1 saturated carbocycles. The number of nitrogens with zero attached hydrogens (tertiary/aromatic N) is 3. The number of likely N-dealkylation sites (tertiary alicyclic amines) is 1. The second kappa shape index (κ2) is 6.32. The van der Waals surface area contributed by atoms with Crippen molar-refractivity contribution in [3.8, 4) is 0 Å². The van der Waals surface area contributed by atoms with E-state index in [-0.39, 0.29) is 11.3 Å². The van der Waals surface area contributed by atoms with Gasteiger partial charge in [-0.2, -0.15) is 0 Å². The molecule has 1 aliphatic carbocycles. The third-order valence-electron chi connectivity index (χ3n) is 6.62. The minimum Gasteiger partial charge on any atom is -0.351 e. The van der Waals surface area contributed by atoms with Crippen LogP contribution in [-0.2, 0) is 11.3 Å². The van der Waals surface area contributed by atoms with Gasteiger partial charge in [0.1, 0.15) is 11.0 Å². The van der Waals surface area contributed by atoms with Gasteiger partial charge in [-0.25, -0.2) is 4.63 Å². The van der Waals surface area contributed by atoms with Crippen molar-refractivity contribution in [2.24, 2.45) is 11.3 Å². The molecule has 1 amide bonds. The Hall–Kier alpha value is -1.99. The van der Waals surface area contributed by atoms with E-state index in [1.54, 1.807) is 0 Å². The standard InChI is InChI=1S/C19H25N5O2/c25-18(21-8-13-5-6-16-17(7-13)23-26-22-16)19-11-20-9-14(19)10-24(12-19)15-3-1-2-4-15/h5-7,14-15,20H,1-4,8-12H2,(H,21,25)/t14-,19-/m1/s1. The lowest BCUT2D eigenvalue weighted by atomic mass is 9.80. The van der Waals surface area contributed by atoms with E-state index in [2.05, 4.69) is 25.8 Å². The Morgan fingerprint density at radius 1 is 1.31 bits per heavy atom. The van der Waals surface area contributed by atoms with E-state index in [4.69, 9.17) is 4.63 Å². The van der Waals surface area contributed by atoms with Gasteiger partial charge in [0.25, 0.3) is 0 Å². The summed E-state index contributed by atoms with van der Waals surface area (Å²) in [6.45, 7) is 4.21. The lowest BCUT2D eigenvalue weighted by Crippen LogP contribution is -2.47. The summed E-state index contributed by atoms with van der Waals surface area (Å²) in [6.07, 6.45) is 5.26. The van der Waals surface area contributed by atoms with Crippen molar-refractivity contribution >= 4 is 16.9 Å². The normalized spacial score (nSPS) is 29.5. The number of hydrogen-bond acceptors (Lipinski definition) is 6. The van der Waals surface area contributed by atoms with E-state index in [0.717, 1.165) is 42.8 Å². The largest absolute Gasteiger partial charge is 0.351 e. The van der Waals surface area contributed by atoms with Crippen LogP contribution in [0.1, 0.15) is 31.2 Å². The molecule has 3 heterocycles. The molecular weight excluding hydrogens is 330 g/mol. The molecular formula is C19H25N5O2. The highest BCUT2D eigenvalue weighted by atomic mass is 16.6. The lowest BCUT2D eigenvalue weighted by Gasteiger charge is -2.29. The van der Waals surface area contributed by atoms with Gasteiger partial charge in [-0.1, -0.05) is 18.9 Å². The first-order chi connectivity index (χ1) is 12.7. The second-order valence-corrected chi connectivity index (χ2v) is 8.12. The topological polar surface area (TPSA) is 83.3 Å². The van der Waals surface area contributed by atoms with Gasteiger partial charge < -0.3 is 10.6 Å². The number of rotatable bonds is 4. The maximum absolute atomic E-state index is 13.2. The van der Waals surface area contributed by atoms with Crippen molar-refractivity contribution in [1.82, 2.24) is 25.8 Å². The number of carbonyl (C=O) groups excluding carboxylic acids is 1. The van der Waals surface area contributed by atoms with Crippen molar-refractivity contribution in [1.29, 1.82) is 0 Å². The van der Waals surface area contributed by atoms with Crippen LogP contribution in [0.5, 0.6) is 0 Å². The van der Waals surface area contributed by atoms with Crippen LogP contribution in [0, 0.1) is 11.3 Å². The fourth-order valence-electron chi connectivity index (χ4n) is 5.12. The van der Waals surface area contributed by atoms with Crippen LogP contribution in [0.4, 0.5) is 0 Å². The van der Waals surface area contributed by atoms with Crippen LogP contribution >= 0.6 is 0 Å². The zero-order valence-electron chi connectivity index (χ0n) is 14.9. The van der Waals surface area contributed by atoms with Crippen molar-refractivity contribution < 1.29 is 9.42 Å². The van der Waals surface area contributed by atoms with Crippen molar-refractivity contribution in [2.45, 2.75) is 38.3 Å². The van der Waals surface area contributed by atoms with Gasteiger partial charge in [-0.05, 0) is 40.9 Å². The molecule has 7 nitrogen and oxygen atoms in total. The molecule has 3 fully saturated rings. The van der Waals surface area contributed by atoms with Gasteiger partial charge in [-0.15, -0.1) is 0 Å². The van der Waals surface area contributed by atoms with E-state index in [9.17, 15) is 4.79 Å². The third-order valence-corrected chi connectivity index (χ3v) is 6.62. The molecule has 0 spiro atoms. The second-order valence-electron chi connectivity index (χ2n) is 8.12. The summed E-state index contributed by atoms with van der Waals surface area (Å²) >= 11 is 0. The molecule has 2 atom stereocenters. The quantitative estimate of drug-likeness (QED) is 0.860. The molecule has 0 bridgehead atoms. The van der Waals surface area contributed by atoms with E-state index in [0.29, 0.717) is 18.5 Å². The molecule has 2 saturated heterocycles. The molecule has 2 aliphatic heterocycles. The monoisotopic (exact) mass is 355 g/mol. The van der Waals surface area contributed by atoms with Crippen molar-refractivity contribution in [3.05, 3.63) is 23.8 Å². The van der Waals surface area contributed by atoms with Crippen LogP contribution < -0.4 is 10.6 Å². The Kier molecular flexibility index (Phi) is 3.94. The minimum atomic E-state index is -0.276. The average molecular weight is 355 g/mol. The van der Waals surface area contributed by atoms with E-state index < -0.39 is 0 Å². The van der Waals surface area contributed by atoms with E-state index in [1.165, 1.54) is 25.7 Å². The fraction of sp³-hybridized carbons (Fsp3) is 0.632. The highest BCUT2D eigenvalue weighted by Gasteiger charge is 2.55. The summed E-state index contributed by atoms with van der Waals surface area (Å²) in [7, 11) is 0. The molecule has 5 rings (SSSR count). The zero-order valence-corrected chi connectivity index (χ0v) is 14.9. The Labute approximate surface area is 152 Å². The number of aromatic nitrogens is 2. The summed E-state index contributed by atoms with van der Waals surface area (Å²) in [6, 6.07) is 6.46.